The molecule has 1 aliphatic heterocycles. The Kier molecular flexibility index (Phi) is 6.53. The van der Waals surface area contributed by atoms with Gasteiger partial charge in [0.25, 0.3) is 0 Å². The Balaban J connectivity index is 1.54. The van der Waals surface area contributed by atoms with E-state index in [9.17, 15) is 4.79 Å². The Bertz CT molecular complexity index is 814. The van der Waals surface area contributed by atoms with Crippen molar-refractivity contribution in [3.05, 3.63) is 65.2 Å². The normalized spacial score (nSPS) is 14.6. The summed E-state index contributed by atoms with van der Waals surface area (Å²) < 4.78 is 0. The van der Waals surface area contributed by atoms with Crippen LogP contribution in [0.4, 0.5) is 5.69 Å². The van der Waals surface area contributed by atoms with Crippen LogP contribution >= 0.6 is 0 Å². The zero-order valence-electron chi connectivity index (χ0n) is 16.9. The molecule has 2 aromatic rings. The van der Waals surface area contributed by atoms with Crippen molar-refractivity contribution in [2.24, 2.45) is 4.99 Å². The van der Waals surface area contributed by atoms with Gasteiger partial charge in [0, 0.05) is 46.0 Å². The quantitative estimate of drug-likeness (QED) is 0.617. The Morgan fingerprint density at radius 1 is 1.14 bits per heavy atom. The molecule has 2 aromatic carbocycles. The molecule has 0 spiro atoms. The summed E-state index contributed by atoms with van der Waals surface area (Å²) >= 11 is 0. The van der Waals surface area contributed by atoms with Crippen LogP contribution in [-0.4, -0.2) is 50.5 Å². The maximum absolute atomic E-state index is 11.6. The standard InChI is InChI=1S/C22H29N5O/c1-17-4-6-19(7-5-17)15-26(3)22(23-2)25-14-18-8-10-20(11-9-18)27-13-12-24-21(28)16-27/h4-11H,12-16H2,1-3H3,(H,23,25)(H,24,28). The first-order chi connectivity index (χ1) is 13.5. The molecule has 1 aliphatic rings. The van der Waals surface area contributed by atoms with E-state index >= 15 is 0 Å². The average Bonchev–Trinajstić information content (AvgIpc) is 2.71. The first-order valence-corrected chi connectivity index (χ1v) is 9.63. The molecule has 0 unspecified atom stereocenters. The van der Waals surface area contributed by atoms with Crippen LogP contribution in [0.2, 0.25) is 0 Å². The Hall–Kier alpha value is -3.02. The van der Waals surface area contributed by atoms with Crippen LogP contribution in [0, 0.1) is 6.92 Å². The molecule has 0 radical (unpaired) electrons. The molecule has 0 bridgehead atoms. The van der Waals surface area contributed by atoms with E-state index in [4.69, 9.17) is 0 Å². The largest absolute Gasteiger partial charge is 0.360 e. The van der Waals surface area contributed by atoms with Crippen molar-refractivity contribution in [3.8, 4) is 0 Å². The number of benzene rings is 2. The Labute approximate surface area is 167 Å². The second-order valence-corrected chi connectivity index (χ2v) is 7.18. The monoisotopic (exact) mass is 379 g/mol. The van der Waals surface area contributed by atoms with Gasteiger partial charge in [-0.1, -0.05) is 42.0 Å². The molecule has 1 heterocycles. The number of guanidine groups is 1. The van der Waals surface area contributed by atoms with Gasteiger partial charge < -0.3 is 20.4 Å². The topological polar surface area (TPSA) is 60.0 Å². The molecule has 0 saturated carbocycles. The van der Waals surface area contributed by atoms with Gasteiger partial charge in [0.1, 0.15) is 0 Å². The molecule has 1 amide bonds. The zero-order valence-corrected chi connectivity index (χ0v) is 16.9. The molecular formula is C22H29N5O. The highest BCUT2D eigenvalue weighted by atomic mass is 16.2. The number of anilines is 1. The van der Waals surface area contributed by atoms with E-state index in [-0.39, 0.29) is 5.91 Å². The van der Waals surface area contributed by atoms with Crippen LogP contribution in [0.5, 0.6) is 0 Å². The van der Waals surface area contributed by atoms with Gasteiger partial charge in [-0.15, -0.1) is 0 Å². The summed E-state index contributed by atoms with van der Waals surface area (Å²) in [5.74, 6) is 0.940. The fourth-order valence-electron chi connectivity index (χ4n) is 3.29. The predicted molar refractivity (Wildman–Crippen MR) is 115 cm³/mol. The Morgan fingerprint density at radius 3 is 2.46 bits per heavy atom. The fraction of sp³-hybridized carbons (Fsp3) is 0.364. The summed E-state index contributed by atoms with van der Waals surface area (Å²) in [6, 6.07) is 16.9. The molecule has 1 saturated heterocycles. The number of aliphatic imine (C=N–C) groups is 1. The van der Waals surface area contributed by atoms with Gasteiger partial charge in [0.2, 0.25) is 5.91 Å². The van der Waals surface area contributed by atoms with Crippen LogP contribution in [0.15, 0.2) is 53.5 Å². The third-order valence-electron chi connectivity index (χ3n) is 4.90. The van der Waals surface area contributed by atoms with Gasteiger partial charge in [-0.25, -0.2) is 0 Å². The SMILES string of the molecule is CN=C(NCc1ccc(N2CCNC(=O)C2)cc1)N(C)Cc1ccc(C)cc1. The van der Waals surface area contributed by atoms with Crippen molar-refractivity contribution < 1.29 is 4.79 Å². The molecule has 6 heteroatoms. The molecule has 0 atom stereocenters. The van der Waals surface area contributed by atoms with E-state index in [0.717, 1.165) is 24.7 Å². The summed E-state index contributed by atoms with van der Waals surface area (Å²) in [5, 5.41) is 6.28. The molecule has 0 aliphatic carbocycles. The summed E-state index contributed by atoms with van der Waals surface area (Å²) in [4.78, 5) is 20.2. The predicted octanol–water partition coefficient (Wildman–Crippen LogP) is 2.14. The molecular weight excluding hydrogens is 350 g/mol. The van der Waals surface area contributed by atoms with Gasteiger partial charge in [-0.3, -0.25) is 9.79 Å². The van der Waals surface area contributed by atoms with Gasteiger partial charge in [-0.05, 0) is 30.2 Å². The summed E-state index contributed by atoms with van der Waals surface area (Å²) in [7, 11) is 3.85. The van der Waals surface area contributed by atoms with Crippen LogP contribution in [-0.2, 0) is 17.9 Å². The second-order valence-electron chi connectivity index (χ2n) is 7.18. The third-order valence-corrected chi connectivity index (χ3v) is 4.90. The van der Waals surface area contributed by atoms with Gasteiger partial charge in [0.05, 0.1) is 6.54 Å². The number of carbonyl (C=O) groups excluding carboxylic acids is 1. The molecule has 1 fully saturated rings. The molecule has 6 nitrogen and oxygen atoms in total. The first-order valence-electron chi connectivity index (χ1n) is 9.63. The van der Waals surface area contributed by atoms with E-state index in [2.05, 4.69) is 80.9 Å². The lowest BCUT2D eigenvalue weighted by atomic mass is 10.1. The maximum Gasteiger partial charge on any atom is 0.239 e. The third kappa shape index (κ3) is 5.25. The number of nitrogens with one attached hydrogen (secondary N) is 2. The Morgan fingerprint density at radius 2 is 1.82 bits per heavy atom. The maximum atomic E-state index is 11.6. The van der Waals surface area contributed by atoms with Gasteiger partial charge in [0.15, 0.2) is 5.96 Å². The average molecular weight is 380 g/mol. The number of aryl methyl sites for hydroxylation is 1. The number of hydrogen-bond donors (Lipinski definition) is 2. The van der Waals surface area contributed by atoms with E-state index in [1.54, 1.807) is 7.05 Å². The lowest BCUT2D eigenvalue weighted by Crippen LogP contribution is -2.47. The van der Waals surface area contributed by atoms with Crippen LogP contribution in [0.1, 0.15) is 16.7 Å². The summed E-state index contributed by atoms with van der Waals surface area (Å²) in [6.07, 6.45) is 0. The molecule has 148 valence electrons. The lowest BCUT2D eigenvalue weighted by molar-refractivity contribution is -0.120. The van der Waals surface area contributed by atoms with Gasteiger partial charge >= 0.3 is 0 Å². The van der Waals surface area contributed by atoms with Crippen molar-refractivity contribution in [2.45, 2.75) is 20.0 Å². The number of piperazine rings is 1. The molecule has 0 aromatic heterocycles. The highest BCUT2D eigenvalue weighted by molar-refractivity contribution is 5.82. The van der Waals surface area contributed by atoms with E-state index in [1.165, 1.54) is 16.7 Å². The fourth-order valence-corrected chi connectivity index (χ4v) is 3.29. The molecule has 28 heavy (non-hydrogen) atoms. The summed E-state index contributed by atoms with van der Waals surface area (Å²) in [6.45, 7) is 5.57. The highest BCUT2D eigenvalue weighted by Crippen LogP contribution is 2.16. The van der Waals surface area contributed by atoms with Crippen molar-refractivity contribution in [1.82, 2.24) is 15.5 Å². The van der Waals surface area contributed by atoms with Crippen molar-refractivity contribution >= 4 is 17.6 Å². The van der Waals surface area contributed by atoms with Crippen molar-refractivity contribution in [3.63, 3.8) is 0 Å². The van der Waals surface area contributed by atoms with Crippen LogP contribution in [0.3, 0.4) is 0 Å². The first kappa shape index (κ1) is 19.7. The number of nitrogens with zero attached hydrogens (tertiary/aromatic N) is 3. The number of carbonyl (C=O) groups is 1. The van der Waals surface area contributed by atoms with Crippen LogP contribution < -0.4 is 15.5 Å². The van der Waals surface area contributed by atoms with Gasteiger partial charge in [-0.2, -0.15) is 0 Å². The minimum atomic E-state index is 0.0809. The minimum Gasteiger partial charge on any atom is -0.360 e. The zero-order chi connectivity index (χ0) is 19.9. The molecule has 2 N–H and O–H groups in total. The number of rotatable bonds is 5. The second kappa shape index (κ2) is 9.26. The lowest BCUT2D eigenvalue weighted by Gasteiger charge is -2.28. The summed E-state index contributed by atoms with van der Waals surface area (Å²) in [5.41, 5.74) is 4.78. The van der Waals surface area contributed by atoms with E-state index in [0.29, 0.717) is 19.6 Å². The number of hydrogen-bond acceptors (Lipinski definition) is 3. The van der Waals surface area contributed by atoms with Crippen molar-refractivity contribution in [2.75, 3.05) is 38.6 Å². The van der Waals surface area contributed by atoms with E-state index in [1.807, 2.05) is 7.05 Å². The van der Waals surface area contributed by atoms with E-state index < -0.39 is 0 Å². The minimum absolute atomic E-state index is 0.0809. The van der Waals surface area contributed by atoms with Crippen molar-refractivity contribution in [1.29, 1.82) is 0 Å². The highest BCUT2D eigenvalue weighted by Gasteiger charge is 2.16. The smallest absolute Gasteiger partial charge is 0.239 e. The van der Waals surface area contributed by atoms with Crippen LogP contribution in [0.25, 0.3) is 0 Å². The molecule has 3 rings (SSSR count). The number of amides is 1.